The molecule has 15 heavy (non-hydrogen) atoms. The van der Waals surface area contributed by atoms with Gasteiger partial charge in [0.25, 0.3) is 0 Å². The van der Waals surface area contributed by atoms with E-state index in [0.29, 0.717) is 0 Å². The van der Waals surface area contributed by atoms with Crippen molar-refractivity contribution >= 4 is 17.5 Å². The molecule has 0 saturated heterocycles. The van der Waals surface area contributed by atoms with Gasteiger partial charge in [-0.15, -0.1) is 0 Å². The molecule has 1 N–H and O–H groups in total. The van der Waals surface area contributed by atoms with E-state index >= 15 is 0 Å². The smallest absolute Gasteiger partial charge is 0.347 e. The SMILES string of the molecule is Cc1ccccc1-c1cc(C(=O)O)sn1. The molecule has 0 unspecified atom stereocenters. The average Bonchev–Trinajstić information content (AvgIpc) is 2.67. The van der Waals surface area contributed by atoms with E-state index in [0.717, 1.165) is 28.4 Å². The number of carboxylic acid groups (broad SMARTS) is 1. The Morgan fingerprint density at radius 2 is 2.13 bits per heavy atom. The Kier molecular flexibility index (Phi) is 2.51. The number of aromatic carboxylic acids is 1. The van der Waals surface area contributed by atoms with E-state index in [1.54, 1.807) is 6.07 Å². The average molecular weight is 219 g/mol. The van der Waals surface area contributed by atoms with Gasteiger partial charge in [0.05, 0.1) is 5.69 Å². The number of aromatic nitrogens is 1. The Hall–Kier alpha value is -1.68. The van der Waals surface area contributed by atoms with E-state index in [1.165, 1.54) is 0 Å². The molecule has 2 rings (SSSR count). The fourth-order valence-electron chi connectivity index (χ4n) is 1.36. The maximum absolute atomic E-state index is 10.7. The lowest BCUT2D eigenvalue weighted by atomic mass is 10.1. The summed E-state index contributed by atoms with van der Waals surface area (Å²) < 4.78 is 4.13. The van der Waals surface area contributed by atoms with Gasteiger partial charge in [0, 0.05) is 5.56 Å². The van der Waals surface area contributed by atoms with E-state index in [4.69, 9.17) is 5.11 Å². The van der Waals surface area contributed by atoms with Crippen molar-refractivity contribution < 1.29 is 9.90 Å². The molecule has 0 amide bonds. The maximum Gasteiger partial charge on any atom is 0.347 e. The van der Waals surface area contributed by atoms with Gasteiger partial charge in [0.15, 0.2) is 0 Å². The van der Waals surface area contributed by atoms with Crippen molar-refractivity contribution in [1.82, 2.24) is 4.37 Å². The van der Waals surface area contributed by atoms with Crippen molar-refractivity contribution in [3.63, 3.8) is 0 Å². The van der Waals surface area contributed by atoms with Gasteiger partial charge >= 0.3 is 5.97 Å². The first-order chi connectivity index (χ1) is 7.18. The molecule has 0 fully saturated rings. The van der Waals surface area contributed by atoms with Crippen molar-refractivity contribution in [1.29, 1.82) is 0 Å². The third kappa shape index (κ3) is 1.89. The molecule has 1 aromatic carbocycles. The van der Waals surface area contributed by atoms with Gasteiger partial charge in [-0.2, -0.15) is 4.37 Å². The molecule has 0 spiro atoms. The van der Waals surface area contributed by atoms with Crippen LogP contribution in [0.1, 0.15) is 15.2 Å². The summed E-state index contributed by atoms with van der Waals surface area (Å²) in [5, 5.41) is 8.78. The normalized spacial score (nSPS) is 10.2. The molecule has 0 radical (unpaired) electrons. The Bertz CT molecular complexity index is 505. The molecule has 0 aliphatic rings. The van der Waals surface area contributed by atoms with E-state index in [1.807, 2.05) is 31.2 Å². The zero-order valence-corrected chi connectivity index (χ0v) is 8.91. The predicted molar refractivity (Wildman–Crippen MR) is 59.2 cm³/mol. The van der Waals surface area contributed by atoms with Crippen LogP contribution in [0.5, 0.6) is 0 Å². The highest BCUT2D eigenvalue weighted by Crippen LogP contribution is 2.24. The maximum atomic E-state index is 10.7. The Labute approximate surface area is 91.2 Å². The van der Waals surface area contributed by atoms with Gasteiger partial charge in [-0.3, -0.25) is 0 Å². The number of rotatable bonds is 2. The summed E-state index contributed by atoms with van der Waals surface area (Å²) in [6.07, 6.45) is 0. The van der Waals surface area contributed by atoms with Gasteiger partial charge in [0.1, 0.15) is 4.88 Å². The molecule has 4 heteroatoms. The second kappa shape index (κ2) is 3.82. The van der Waals surface area contributed by atoms with Crippen LogP contribution < -0.4 is 0 Å². The molecule has 0 bridgehead atoms. The van der Waals surface area contributed by atoms with E-state index < -0.39 is 5.97 Å². The van der Waals surface area contributed by atoms with Crippen LogP contribution in [0.2, 0.25) is 0 Å². The Morgan fingerprint density at radius 3 is 2.73 bits per heavy atom. The fraction of sp³-hybridized carbons (Fsp3) is 0.0909. The number of carboxylic acids is 1. The molecule has 1 aromatic heterocycles. The second-order valence-corrected chi connectivity index (χ2v) is 4.00. The van der Waals surface area contributed by atoms with Gasteiger partial charge in [-0.05, 0) is 30.1 Å². The lowest BCUT2D eigenvalue weighted by Gasteiger charge is -1.99. The van der Waals surface area contributed by atoms with Crippen molar-refractivity contribution in [3.05, 3.63) is 40.8 Å². The molecule has 0 atom stereocenters. The van der Waals surface area contributed by atoms with Crippen LogP contribution >= 0.6 is 11.5 Å². The highest BCUT2D eigenvalue weighted by atomic mass is 32.1. The van der Waals surface area contributed by atoms with Gasteiger partial charge in [-0.1, -0.05) is 24.3 Å². The van der Waals surface area contributed by atoms with E-state index in [2.05, 4.69) is 4.37 Å². The zero-order valence-electron chi connectivity index (χ0n) is 8.10. The number of hydrogen-bond donors (Lipinski definition) is 1. The Morgan fingerprint density at radius 1 is 1.40 bits per heavy atom. The third-order valence-corrected chi connectivity index (χ3v) is 2.92. The highest BCUT2D eigenvalue weighted by molar-refractivity contribution is 7.08. The number of hydrogen-bond acceptors (Lipinski definition) is 3. The molecular weight excluding hydrogens is 210 g/mol. The predicted octanol–water partition coefficient (Wildman–Crippen LogP) is 2.82. The standard InChI is InChI=1S/C11H9NO2S/c1-7-4-2-3-5-8(7)9-6-10(11(13)14)15-12-9/h2-6H,1H3,(H,13,14). The van der Waals surface area contributed by atoms with E-state index in [9.17, 15) is 4.79 Å². The molecule has 0 saturated carbocycles. The second-order valence-electron chi connectivity index (χ2n) is 3.20. The zero-order chi connectivity index (χ0) is 10.8. The molecular formula is C11H9NO2S. The summed E-state index contributed by atoms with van der Waals surface area (Å²) in [5.41, 5.74) is 2.82. The molecule has 3 nitrogen and oxygen atoms in total. The number of aryl methyl sites for hydroxylation is 1. The summed E-state index contributed by atoms with van der Waals surface area (Å²) in [6, 6.07) is 9.39. The van der Waals surface area contributed by atoms with Crippen LogP contribution in [0.15, 0.2) is 30.3 Å². The van der Waals surface area contributed by atoms with Crippen LogP contribution in [0.25, 0.3) is 11.3 Å². The molecule has 2 aromatic rings. The summed E-state index contributed by atoms with van der Waals surface area (Å²) >= 11 is 1.01. The van der Waals surface area contributed by atoms with Crippen molar-refractivity contribution in [2.24, 2.45) is 0 Å². The fourth-order valence-corrected chi connectivity index (χ4v) is 1.95. The molecule has 0 aliphatic heterocycles. The lowest BCUT2D eigenvalue weighted by molar-refractivity contribution is 0.0702. The van der Waals surface area contributed by atoms with Crippen molar-refractivity contribution in [2.45, 2.75) is 6.92 Å². The first kappa shape index (κ1) is 9.86. The first-order valence-electron chi connectivity index (χ1n) is 4.44. The first-order valence-corrected chi connectivity index (χ1v) is 5.22. The van der Waals surface area contributed by atoms with Gasteiger partial charge in [0.2, 0.25) is 0 Å². The number of benzene rings is 1. The van der Waals surface area contributed by atoms with Crippen LogP contribution in [-0.4, -0.2) is 15.4 Å². The van der Waals surface area contributed by atoms with Crippen LogP contribution in [-0.2, 0) is 0 Å². The largest absolute Gasteiger partial charge is 0.477 e. The van der Waals surface area contributed by atoms with Gasteiger partial charge < -0.3 is 5.11 Å². The number of nitrogens with zero attached hydrogens (tertiary/aromatic N) is 1. The topological polar surface area (TPSA) is 50.2 Å². The quantitative estimate of drug-likeness (QED) is 0.844. The number of carbonyl (C=O) groups is 1. The highest BCUT2D eigenvalue weighted by Gasteiger charge is 2.10. The summed E-state index contributed by atoms with van der Waals surface area (Å²) in [6.45, 7) is 1.98. The third-order valence-electron chi connectivity index (χ3n) is 2.14. The van der Waals surface area contributed by atoms with Crippen LogP contribution in [0.3, 0.4) is 0 Å². The summed E-state index contributed by atoms with van der Waals surface area (Å²) in [5.74, 6) is -0.924. The lowest BCUT2D eigenvalue weighted by Crippen LogP contribution is -1.90. The minimum atomic E-state index is -0.924. The van der Waals surface area contributed by atoms with Crippen molar-refractivity contribution in [2.75, 3.05) is 0 Å². The molecule has 1 heterocycles. The monoisotopic (exact) mass is 219 g/mol. The summed E-state index contributed by atoms with van der Waals surface area (Å²) in [7, 11) is 0. The Balaban J connectivity index is 2.46. The summed E-state index contributed by atoms with van der Waals surface area (Å²) in [4.78, 5) is 11.0. The molecule has 0 aliphatic carbocycles. The minimum absolute atomic E-state index is 0.272. The molecule has 76 valence electrons. The van der Waals surface area contributed by atoms with Crippen molar-refractivity contribution in [3.8, 4) is 11.3 Å². The van der Waals surface area contributed by atoms with Crippen LogP contribution in [0, 0.1) is 6.92 Å². The van der Waals surface area contributed by atoms with E-state index in [-0.39, 0.29) is 4.88 Å². The van der Waals surface area contributed by atoms with Gasteiger partial charge in [-0.25, -0.2) is 4.79 Å². The van der Waals surface area contributed by atoms with Crippen LogP contribution in [0.4, 0.5) is 0 Å². The minimum Gasteiger partial charge on any atom is -0.477 e.